The summed E-state index contributed by atoms with van der Waals surface area (Å²) in [7, 11) is 0. The van der Waals surface area contributed by atoms with Gasteiger partial charge in [-0.05, 0) is 19.1 Å². The van der Waals surface area contributed by atoms with Crippen LogP contribution in [0.25, 0.3) is 0 Å². The van der Waals surface area contributed by atoms with Gasteiger partial charge in [0.2, 0.25) is 11.8 Å². The van der Waals surface area contributed by atoms with Gasteiger partial charge < -0.3 is 10.2 Å². The van der Waals surface area contributed by atoms with Gasteiger partial charge in [0.15, 0.2) is 0 Å². The van der Waals surface area contributed by atoms with Crippen molar-refractivity contribution in [2.75, 3.05) is 31.5 Å². The third-order valence-electron chi connectivity index (χ3n) is 3.90. The van der Waals surface area contributed by atoms with Gasteiger partial charge in [-0.2, -0.15) is 0 Å². The Hall–Kier alpha value is -2.02. The molecule has 0 radical (unpaired) electrons. The molecule has 0 saturated carbocycles. The van der Waals surface area contributed by atoms with E-state index >= 15 is 0 Å². The highest BCUT2D eigenvalue weighted by atomic mass is 19.1. The molecule has 7 heteroatoms. The fourth-order valence-electron chi connectivity index (χ4n) is 2.43. The Morgan fingerprint density at radius 2 is 1.68 bits per heavy atom. The molecule has 1 heterocycles. The molecule has 1 aliphatic rings. The molecular weight excluding hydrogens is 292 g/mol. The van der Waals surface area contributed by atoms with Gasteiger partial charge in [0, 0.05) is 33.1 Å². The number of para-hydroxylation sites is 1. The molecule has 1 aliphatic heterocycles. The summed E-state index contributed by atoms with van der Waals surface area (Å²) < 4.78 is 27.1. The van der Waals surface area contributed by atoms with Crippen LogP contribution in [0.5, 0.6) is 0 Å². The molecule has 1 atom stereocenters. The molecule has 0 spiro atoms. The zero-order valence-electron chi connectivity index (χ0n) is 12.6. The SMILES string of the molecule is CC(=O)N1CCN([C@@H](C)C(=O)Nc2c(F)cccc2F)CC1. The first-order chi connectivity index (χ1) is 10.4. The number of rotatable bonds is 3. The van der Waals surface area contributed by atoms with Crippen molar-refractivity contribution in [3.8, 4) is 0 Å². The maximum atomic E-state index is 13.5. The van der Waals surface area contributed by atoms with Crippen molar-refractivity contribution in [2.24, 2.45) is 0 Å². The molecule has 2 amide bonds. The number of anilines is 1. The third kappa shape index (κ3) is 3.59. The summed E-state index contributed by atoms with van der Waals surface area (Å²) in [6.45, 7) is 5.37. The maximum absolute atomic E-state index is 13.5. The van der Waals surface area contributed by atoms with Crippen LogP contribution in [0.4, 0.5) is 14.5 Å². The molecule has 0 unspecified atom stereocenters. The fraction of sp³-hybridized carbons (Fsp3) is 0.467. The highest BCUT2D eigenvalue weighted by molar-refractivity contribution is 5.94. The molecule has 22 heavy (non-hydrogen) atoms. The maximum Gasteiger partial charge on any atom is 0.241 e. The Kier molecular flexibility index (Phi) is 5.07. The monoisotopic (exact) mass is 311 g/mol. The van der Waals surface area contributed by atoms with Crippen molar-refractivity contribution in [2.45, 2.75) is 19.9 Å². The molecule has 1 N–H and O–H groups in total. The number of halogens is 2. The lowest BCUT2D eigenvalue weighted by molar-refractivity contribution is -0.131. The summed E-state index contributed by atoms with van der Waals surface area (Å²) in [5, 5.41) is 2.30. The van der Waals surface area contributed by atoms with Gasteiger partial charge in [0.05, 0.1) is 6.04 Å². The second-order valence-electron chi connectivity index (χ2n) is 5.30. The van der Waals surface area contributed by atoms with E-state index in [-0.39, 0.29) is 5.91 Å². The standard InChI is InChI=1S/C15H19F2N3O2/c1-10(19-6-8-20(9-7-19)11(2)21)15(22)18-14-12(16)4-3-5-13(14)17/h3-5,10H,6-9H2,1-2H3,(H,18,22)/t10-/m0/s1. The number of carbonyl (C=O) groups excluding carboxylic acids is 2. The molecular formula is C15H19F2N3O2. The van der Waals surface area contributed by atoms with Gasteiger partial charge in [-0.3, -0.25) is 14.5 Å². The zero-order chi connectivity index (χ0) is 16.3. The minimum atomic E-state index is -0.804. The number of amides is 2. The van der Waals surface area contributed by atoms with Crippen molar-refractivity contribution >= 4 is 17.5 Å². The van der Waals surface area contributed by atoms with Crippen molar-refractivity contribution < 1.29 is 18.4 Å². The largest absolute Gasteiger partial charge is 0.340 e. The molecule has 0 aromatic heterocycles. The summed E-state index contributed by atoms with van der Waals surface area (Å²) in [5.41, 5.74) is -0.429. The first kappa shape index (κ1) is 16.4. The third-order valence-corrected chi connectivity index (χ3v) is 3.90. The Balaban J connectivity index is 1.97. The fourth-order valence-corrected chi connectivity index (χ4v) is 2.43. The van der Waals surface area contributed by atoms with Crippen LogP contribution < -0.4 is 5.32 Å². The predicted octanol–water partition coefficient (Wildman–Crippen LogP) is 1.46. The molecule has 1 fully saturated rings. The topological polar surface area (TPSA) is 52.7 Å². The molecule has 5 nitrogen and oxygen atoms in total. The molecule has 120 valence electrons. The number of piperazine rings is 1. The normalized spacial score (nSPS) is 17.2. The number of hydrogen-bond acceptors (Lipinski definition) is 3. The number of nitrogens with zero attached hydrogens (tertiary/aromatic N) is 2. The van der Waals surface area contributed by atoms with Crippen molar-refractivity contribution in [1.29, 1.82) is 0 Å². The smallest absolute Gasteiger partial charge is 0.241 e. The minimum absolute atomic E-state index is 0.00480. The molecule has 0 bridgehead atoms. The Labute approximate surface area is 127 Å². The summed E-state index contributed by atoms with van der Waals surface area (Å²) in [6, 6.07) is 2.89. The minimum Gasteiger partial charge on any atom is -0.340 e. The van der Waals surface area contributed by atoms with E-state index in [9.17, 15) is 18.4 Å². The van der Waals surface area contributed by atoms with Gasteiger partial charge in [-0.15, -0.1) is 0 Å². The van der Waals surface area contributed by atoms with Gasteiger partial charge in [0.1, 0.15) is 17.3 Å². The van der Waals surface area contributed by atoms with Crippen LogP contribution in [0.2, 0.25) is 0 Å². The average Bonchev–Trinajstić information content (AvgIpc) is 2.50. The first-order valence-electron chi connectivity index (χ1n) is 7.14. The second kappa shape index (κ2) is 6.83. The van der Waals surface area contributed by atoms with Crippen LogP contribution in [-0.4, -0.2) is 53.8 Å². The molecule has 1 saturated heterocycles. The average molecular weight is 311 g/mol. The predicted molar refractivity (Wildman–Crippen MR) is 78.3 cm³/mol. The quantitative estimate of drug-likeness (QED) is 0.919. The Bertz CT molecular complexity index is 552. The highest BCUT2D eigenvalue weighted by Crippen LogP contribution is 2.19. The van der Waals surface area contributed by atoms with Gasteiger partial charge in [0.25, 0.3) is 0 Å². The summed E-state index contributed by atoms with van der Waals surface area (Å²) >= 11 is 0. The summed E-state index contributed by atoms with van der Waals surface area (Å²) in [6.07, 6.45) is 0. The summed E-state index contributed by atoms with van der Waals surface area (Å²) in [5.74, 6) is -2.07. The lowest BCUT2D eigenvalue weighted by Crippen LogP contribution is -2.53. The molecule has 0 aliphatic carbocycles. The van der Waals surface area contributed by atoms with Crippen molar-refractivity contribution in [1.82, 2.24) is 9.80 Å². The van der Waals surface area contributed by atoms with E-state index in [2.05, 4.69) is 5.32 Å². The second-order valence-corrected chi connectivity index (χ2v) is 5.30. The van der Waals surface area contributed by atoms with E-state index in [0.717, 1.165) is 12.1 Å². The van der Waals surface area contributed by atoms with Gasteiger partial charge in [-0.25, -0.2) is 8.78 Å². The number of hydrogen-bond donors (Lipinski definition) is 1. The van der Waals surface area contributed by atoms with Gasteiger partial charge in [-0.1, -0.05) is 6.07 Å². The molecule has 1 aromatic carbocycles. The first-order valence-corrected chi connectivity index (χ1v) is 7.14. The number of carbonyl (C=O) groups is 2. The van der Waals surface area contributed by atoms with Crippen molar-refractivity contribution in [3.63, 3.8) is 0 Å². The van der Waals surface area contributed by atoms with Gasteiger partial charge >= 0.3 is 0 Å². The van der Waals surface area contributed by atoms with Crippen LogP contribution >= 0.6 is 0 Å². The molecule has 2 rings (SSSR count). The Morgan fingerprint density at radius 1 is 1.14 bits per heavy atom. The van der Waals surface area contributed by atoms with Crippen LogP contribution in [0, 0.1) is 11.6 Å². The zero-order valence-corrected chi connectivity index (χ0v) is 12.6. The van der Waals surface area contributed by atoms with Crippen molar-refractivity contribution in [3.05, 3.63) is 29.8 Å². The lowest BCUT2D eigenvalue weighted by atomic mass is 10.2. The molecule has 1 aromatic rings. The number of nitrogens with one attached hydrogen (secondary N) is 1. The van der Waals surface area contributed by atoms with Crippen LogP contribution in [0.1, 0.15) is 13.8 Å². The van der Waals surface area contributed by atoms with Crippen LogP contribution in [0.15, 0.2) is 18.2 Å². The van der Waals surface area contributed by atoms with Crippen LogP contribution in [0.3, 0.4) is 0 Å². The van der Waals surface area contributed by atoms with E-state index in [1.165, 1.54) is 13.0 Å². The Morgan fingerprint density at radius 3 is 2.18 bits per heavy atom. The lowest BCUT2D eigenvalue weighted by Gasteiger charge is -2.37. The van der Waals surface area contributed by atoms with E-state index in [4.69, 9.17) is 0 Å². The van der Waals surface area contributed by atoms with Crippen LogP contribution in [-0.2, 0) is 9.59 Å². The van der Waals surface area contributed by atoms with E-state index in [0.29, 0.717) is 26.2 Å². The summed E-state index contributed by atoms with van der Waals surface area (Å²) in [4.78, 5) is 27.0. The van der Waals surface area contributed by atoms with E-state index in [1.807, 2.05) is 4.90 Å². The van der Waals surface area contributed by atoms with E-state index in [1.54, 1.807) is 11.8 Å². The number of benzene rings is 1. The van der Waals surface area contributed by atoms with E-state index < -0.39 is 29.3 Å². The highest BCUT2D eigenvalue weighted by Gasteiger charge is 2.27.